The molecule has 2 aliphatic heterocycles. The van der Waals surface area contributed by atoms with Gasteiger partial charge < -0.3 is 14.4 Å². The van der Waals surface area contributed by atoms with Gasteiger partial charge in [-0.15, -0.1) is 11.8 Å². The lowest BCUT2D eigenvalue weighted by molar-refractivity contribution is -0.133. The maximum absolute atomic E-state index is 12.4. The van der Waals surface area contributed by atoms with Crippen LogP contribution in [-0.2, 0) is 16.0 Å². The summed E-state index contributed by atoms with van der Waals surface area (Å²) >= 11 is 1.92. The predicted octanol–water partition coefficient (Wildman–Crippen LogP) is 2.71. The number of carbonyl (C=O) groups is 1. The first-order chi connectivity index (χ1) is 10.7. The fourth-order valence-corrected chi connectivity index (χ4v) is 4.22. The van der Waals surface area contributed by atoms with Gasteiger partial charge in [-0.3, -0.25) is 4.79 Å². The van der Waals surface area contributed by atoms with Gasteiger partial charge in [-0.05, 0) is 24.6 Å². The standard InChI is InChI=1S/C17H23NO3S/c1-2-20-15-5-3-14(4-6-15)13-16(19)18-9-7-17(8-10-18)21-11-12-22-17/h3-6H,2,7-13H2,1H3. The van der Waals surface area contributed by atoms with E-state index in [0.717, 1.165) is 49.6 Å². The zero-order valence-electron chi connectivity index (χ0n) is 13.0. The average Bonchev–Trinajstić information content (AvgIpc) is 2.98. The average molecular weight is 321 g/mol. The number of ether oxygens (including phenoxy) is 2. The van der Waals surface area contributed by atoms with Crippen LogP contribution in [0.25, 0.3) is 0 Å². The molecule has 5 heteroatoms. The van der Waals surface area contributed by atoms with Crippen molar-refractivity contribution in [2.45, 2.75) is 31.1 Å². The van der Waals surface area contributed by atoms with E-state index in [2.05, 4.69) is 0 Å². The van der Waals surface area contributed by atoms with Crippen LogP contribution in [0.5, 0.6) is 5.75 Å². The highest BCUT2D eigenvalue weighted by Gasteiger charge is 2.40. The van der Waals surface area contributed by atoms with Crippen LogP contribution in [0.15, 0.2) is 24.3 Å². The van der Waals surface area contributed by atoms with E-state index in [1.54, 1.807) is 0 Å². The number of likely N-dealkylation sites (tertiary alicyclic amines) is 1. The third kappa shape index (κ3) is 3.58. The third-order valence-electron chi connectivity index (χ3n) is 4.28. The van der Waals surface area contributed by atoms with E-state index in [0.29, 0.717) is 13.0 Å². The zero-order valence-corrected chi connectivity index (χ0v) is 13.9. The van der Waals surface area contributed by atoms with Crippen LogP contribution < -0.4 is 4.74 Å². The Labute approximate surface area is 136 Å². The molecule has 1 spiro atoms. The summed E-state index contributed by atoms with van der Waals surface area (Å²) in [5, 5.41) is 0. The first kappa shape index (κ1) is 15.7. The molecule has 3 rings (SSSR count). The van der Waals surface area contributed by atoms with Crippen molar-refractivity contribution in [1.29, 1.82) is 0 Å². The molecule has 0 bridgehead atoms. The van der Waals surface area contributed by atoms with Crippen molar-refractivity contribution in [1.82, 2.24) is 4.90 Å². The maximum atomic E-state index is 12.4. The normalized spacial score (nSPS) is 20.3. The van der Waals surface area contributed by atoms with Gasteiger partial charge >= 0.3 is 0 Å². The second kappa shape index (κ2) is 6.92. The minimum absolute atomic E-state index is 0.00405. The van der Waals surface area contributed by atoms with E-state index in [-0.39, 0.29) is 10.8 Å². The number of hydrogen-bond donors (Lipinski definition) is 0. The molecule has 1 aromatic rings. The van der Waals surface area contributed by atoms with Gasteiger partial charge in [-0.25, -0.2) is 0 Å². The van der Waals surface area contributed by atoms with Crippen LogP contribution in [0.1, 0.15) is 25.3 Å². The van der Waals surface area contributed by atoms with Crippen LogP contribution in [0.3, 0.4) is 0 Å². The summed E-state index contributed by atoms with van der Waals surface area (Å²) < 4.78 is 11.3. The molecule has 0 radical (unpaired) electrons. The van der Waals surface area contributed by atoms with Crippen molar-refractivity contribution in [2.75, 3.05) is 32.1 Å². The van der Waals surface area contributed by atoms with Gasteiger partial charge in [0.2, 0.25) is 5.91 Å². The van der Waals surface area contributed by atoms with Crippen molar-refractivity contribution in [3.05, 3.63) is 29.8 Å². The summed E-state index contributed by atoms with van der Waals surface area (Å²) in [5.41, 5.74) is 1.04. The molecular formula is C17H23NO3S. The third-order valence-corrected chi connectivity index (χ3v) is 5.70. The van der Waals surface area contributed by atoms with Crippen LogP contribution in [-0.4, -0.2) is 47.8 Å². The second-order valence-corrected chi connectivity index (χ2v) is 7.18. The molecule has 0 N–H and O–H groups in total. The molecule has 0 aromatic heterocycles. The number of piperidine rings is 1. The van der Waals surface area contributed by atoms with E-state index >= 15 is 0 Å². The molecule has 22 heavy (non-hydrogen) atoms. The number of rotatable bonds is 4. The van der Waals surface area contributed by atoms with Gasteiger partial charge in [0.15, 0.2) is 0 Å². The number of amides is 1. The lowest BCUT2D eigenvalue weighted by atomic mass is 10.1. The molecule has 0 atom stereocenters. The van der Waals surface area contributed by atoms with E-state index in [1.807, 2.05) is 47.9 Å². The van der Waals surface area contributed by atoms with Gasteiger partial charge in [0.1, 0.15) is 10.7 Å². The lowest BCUT2D eigenvalue weighted by Gasteiger charge is -2.37. The smallest absolute Gasteiger partial charge is 0.226 e. The molecule has 120 valence electrons. The zero-order chi connectivity index (χ0) is 15.4. The Balaban J connectivity index is 1.52. The van der Waals surface area contributed by atoms with Crippen molar-refractivity contribution in [2.24, 2.45) is 0 Å². The Kier molecular flexibility index (Phi) is 4.93. The maximum Gasteiger partial charge on any atom is 0.226 e. The first-order valence-electron chi connectivity index (χ1n) is 7.98. The number of hydrogen-bond acceptors (Lipinski definition) is 4. The highest BCUT2D eigenvalue weighted by Crippen LogP contribution is 2.41. The quantitative estimate of drug-likeness (QED) is 0.855. The highest BCUT2D eigenvalue weighted by atomic mass is 32.2. The monoisotopic (exact) mass is 321 g/mol. The Morgan fingerprint density at radius 2 is 2.05 bits per heavy atom. The van der Waals surface area contributed by atoms with Crippen LogP contribution in [0.2, 0.25) is 0 Å². The molecule has 2 aliphatic rings. The summed E-state index contributed by atoms with van der Waals surface area (Å²) in [4.78, 5) is 14.4. The Morgan fingerprint density at radius 1 is 1.32 bits per heavy atom. The van der Waals surface area contributed by atoms with Gasteiger partial charge in [0.25, 0.3) is 0 Å². The summed E-state index contributed by atoms with van der Waals surface area (Å²) in [6.07, 6.45) is 2.37. The van der Waals surface area contributed by atoms with Crippen molar-refractivity contribution < 1.29 is 14.3 Å². The first-order valence-corrected chi connectivity index (χ1v) is 8.97. The topological polar surface area (TPSA) is 38.8 Å². The molecular weight excluding hydrogens is 298 g/mol. The summed E-state index contributed by atoms with van der Waals surface area (Å²) in [6, 6.07) is 7.81. The fraction of sp³-hybridized carbons (Fsp3) is 0.588. The highest BCUT2D eigenvalue weighted by molar-refractivity contribution is 8.00. The summed E-state index contributed by atoms with van der Waals surface area (Å²) in [7, 11) is 0. The number of carbonyl (C=O) groups excluding carboxylic acids is 1. The van der Waals surface area contributed by atoms with Crippen LogP contribution in [0.4, 0.5) is 0 Å². The van der Waals surface area contributed by atoms with Crippen molar-refractivity contribution in [3.8, 4) is 5.75 Å². The number of benzene rings is 1. The van der Waals surface area contributed by atoms with Crippen molar-refractivity contribution >= 4 is 17.7 Å². The Bertz CT molecular complexity index is 501. The Hall–Kier alpha value is -1.20. The van der Waals surface area contributed by atoms with Gasteiger partial charge in [0, 0.05) is 31.7 Å². The second-order valence-electron chi connectivity index (χ2n) is 5.74. The van der Waals surface area contributed by atoms with Gasteiger partial charge in [-0.2, -0.15) is 0 Å². The number of nitrogens with zero attached hydrogens (tertiary/aromatic N) is 1. The molecule has 4 nitrogen and oxygen atoms in total. The van der Waals surface area contributed by atoms with E-state index < -0.39 is 0 Å². The molecule has 0 unspecified atom stereocenters. The minimum Gasteiger partial charge on any atom is -0.494 e. The summed E-state index contributed by atoms with van der Waals surface area (Å²) in [6.45, 7) is 5.09. The van der Waals surface area contributed by atoms with Crippen LogP contribution >= 0.6 is 11.8 Å². The molecule has 1 aromatic carbocycles. The lowest BCUT2D eigenvalue weighted by Crippen LogP contribution is -2.45. The predicted molar refractivity (Wildman–Crippen MR) is 88.3 cm³/mol. The molecule has 2 saturated heterocycles. The van der Waals surface area contributed by atoms with Gasteiger partial charge in [0.05, 0.1) is 19.6 Å². The van der Waals surface area contributed by atoms with Crippen LogP contribution in [0, 0.1) is 0 Å². The molecule has 1 amide bonds. The largest absolute Gasteiger partial charge is 0.494 e. The number of thioether (sulfide) groups is 1. The Morgan fingerprint density at radius 3 is 2.64 bits per heavy atom. The van der Waals surface area contributed by atoms with Gasteiger partial charge in [-0.1, -0.05) is 12.1 Å². The van der Waals surface area contributed by atoms with E-state index in [1.165, 1.54) is 0 Å². The SMILES string of the molecule is CCOc1ccc(CC(=O)N2CCC3(CC2)OCCS3)cc1. The van der Waals surface area contributed by atoms with E-state index in [9.17, 15) is 4.79 Å². The fourth-order valence-electron chi connectivity index (χ4n) is 3.04. The van der Waals surface area contributed by atoms with Crippen molar-refractivity contribution in [3.63, 3.8) is 0 Å². The summed E-state index contributed by atoms with van der Waals surface area (Å²) in [5.74, 6) is 2.15. The molecule has 0 aliphatic carbocycles. The molecule has 2 fully saturated rings. The molecule has 2 heterocycles. The molecule has 0 saturated carbocycles. The van der Waals surface area contributed by atoms with E-state index in [4.69, 9.17) is 9.47 Å². The minimum atomic E-state index is -0.00405.